The standard InChI is InChI=1S/C25H22INO2S/c1-3-27-21-11-9-17(25(29)16-7-5-4-6-8-16)13-19(21)24-20(15-30-2)18(23(28)14-26)10-12-22(24)27/h4-13H,3,14-15H2,1-2H3. The summed E-state index contributed by atoms with van der Waals surface area (Å²) in [4.78, 5) is 25.7. The fourth-order valence-corrected chi connectivity index (χ4v) is 5.13. The molecule has 0 unspecified atom stereocenters. The van der Waals surface area contributed by atoms with E-state index in [9.17, 15) is 9.59 Å². The van der Waals surface area contributed by atoms with E-state index in [-0.39, 0.29) is 11.6 Å². The Morgan fingerprint density at radius 2 is 1.70 bits per heavy atom. The zero-order valence-corrected chi connectivity index (χ0v) is 19.9. The molecule has 30 heavy (non-hydrogen) atoms. The number of ketones is 2. The van der Waals surface area contributed by atoms with Crippen LogP contribution in [0.25, 0.3) is 21.8 Å². The molecule has 5 heteroatoms. The first-order chi connectivity index (χ1) is 14.6. The Morgan fingerprint density at radius 1 is 0.967 bits per heavy atom. The average Bonchev–Trinajstić information content (AvgIpc) is 3.12. The summed E-state index contributed by atoms with van der Waals surface area (Å²) in [6.45, 7) is 2.95. The van der Waals surface area contributed by atoms with Gasteiger partial charge in [0.1, 0.15) is 0 Å². The van der Waals surface area contributed by atoms with Crippen LogP contribution in [0.5, 0.6) is 0 Å². The molecular weight excluding hydrogens is 505 g/mol. The average molecular weight is 527 g/mol. The molecule has 0 saturated carbocycles. The zero-order chi connectivity index (χ0) is 21.3. The number of rotatable bonds is 7. The van der Waals surface area contributed by atoms with E-state index < -0.39 is 0 Å². The highest BCUT2D eigenvalue weighted by Crippen LogP contribution is 2.36. The predicted octanol–water partition coefficient (Wildman–Crippen LogP) is 6.53. The third-order valence-electron chi connectivity index (χ3n) is 5.46. The maximum Gasteiger partial charge on any atom is 0.193 e. The van der Waals surface area contributed by atoms with E-state index in [1.165, 1.54) is 0 Å². The van der Waals surface area contributed by atoms with Crippen molar-refractivity contribution in [1.82, 2.24) is 4.57 Å². The number of alkyl halides is 1. The normalized spacial score (nSPS) is 11.3. The van der Waals surface area contributed by atoms with E-state index in [2.05, 4.69) is 46.4 Å². The molecule has 3 nitrogen and oxygen atoms in total. The SMILES string of the molecule is CCn1c2ccc(C(=O)c3ccccc3)cc2c2c(CSC)c(C(=O)CI)ccc21. The quantitative estimate of drug-likeness (QED) is 0.156. The van der Waals surface area contributed by atoms with Crippen LogP contribution in [-0.4, -0.2) is 26.8 Å². The molecule has 0 aliphatic rings. The van der Waals surface area contributed by atoms with Gasteiger partial charge in [-0.1, -0.05) is 52.9 Å². The van der Waals surface area contributed by atoms with Gasteiger partial charge in [-0.25, -0.2) is 0 Å². The number of aromatic nitrogens is 1. The van der Waals surface area contributed by atoms with Gasteiger partial charge in [-0.2, -0.15) is 11.8 Å². The van der Waals surface area contributed by atoms with Crippen molar-refractivity contribution in [3.8, 4) is 0 Å². The van der Waals surface area contributed by atoms with Gasteiger partial charge in [0.2, 0.25) is 0 Å². The van der Waals surface area contributed by atoms with E-state index in [0.29, 0.717) is 15.6 Å². The summed E-state index contributed by atoms with van der Waals surface area (Å²) < 4.78 is 2.72. The van der Waals surface area contributed by atoms with Crippen LogP contribution < -0.4 is 0 Å². The minimum atomic E-state index is 0.0146. The lowest BCUT2D eigenvalue weighted by Gasteiger charge is -2.10. The number of carbonyl (C=O) groups excluding carboxylic acids is 2. The van der Waals surface area contributed by atoms with Crippen molar-refractivity contribution in [3.05, 3.63) is 82.9 Å². The molecule has 152 valence electrons. The predicted molar refractivity (Wildman–Crippen MR) is 135 cm³/mol. The van der Waals surface area contributed by atoms with Gasteiger partial charge in [-0.15, -0.1) is 0 Å². The third-order valence-corrected chi connectivity index (χ3v) is 6.73. The van der Waals surface area contributed by atoms with Crippen LogP contribution >= 0.6 is 34.4 Å². The molecule has 0 spiro atoms. The molecule has 0 aliphatic carbocycles. The minimum Gasteiger partial charge on any atom is -0.341 e. The lowest BCUT2D eigenvalue weighted by molar-refractivity contribution is 0.102. The van der Waals surface area contributed by atoms with Crippen molar-refractivity contribution in [2.75, 3.05) is 10.7 Å². The van der Waals surface area contributed by atoms with Crippen molar-refractivity contribution < 1.29 is 9.59 Å². The van der Waals surface area contributed by atoms with Gasteiger partial charge in [0.05, 0.1) is 4.43 Å². The van der Waals surface area contributed by atoms with Crippen molar-refractivity contribution in [1.29, 1.82) is 0 Å². The number of carbonyl (C=O) groups is 2. The van der Waals surface area contributed by atoms with Crippen molar-refractivity contribution in [3.63, 3.8) is 0 Å². The number of aryl methyl sites for hydroxylation is 1. The minimum absolute atomic E-state index is 0.0146. The third kappa shape index (κ3) is 3.58. The Morgan fingerprint density at radius 3 is 2.37 bits per heavy atom. The summed E-state index contributed by atoms with van der Waals surface area (Å²) in [5.74, 6) is 0.922. The van der Waals surface area contributed by atoms with Crippen LogP contribution in [0.3, 0.4) is 0 Å². The lowest BCUT2D eigenvalue weighted by atomic mass is 9.97. The second-order valence-corrected chi connectivity index (χ2v) is 8.78. The van der Waals surface area contributed by atoms with Gasteiger partial charge in [0.25, 0.3) is 0 Å². The zero-order valence-electron chi connectivity index (χ0n) is 16.9. The smallest absolute Gasteiger partial charge is 0.193 e. The van der Waals surface area contributed by atoms with Gasteiger partial charge in [0.15, 0.2) is 11.6 Å². The number of Topliss-reactive ketones (excluding diaryl/α,β-unsaturated/α-hetero) is 1. The number of benzene rings is 3. The molecule has 0 saturated heterocycles. The molecule has 1 heterocycles. The largest absolute Gasteiger partial charge is 0.341 e. The molecule has 0 radical (unpaired) electrons. The van der Waals surface area contributed by atoms with E-state index in [1.807, 2.05) is 54.6 Å². The number of halogens is 1. The molecule has 0 atom stereocenters. The van der Waals surface area contributed by atoms with E-state index in [1.54, 1.807) is 11.8 Å². The Balaban J connectivity index is 2.03. The first-order valence-corrected chi connectivity index (χ1v) is 12.8. The fraction of sp³-hybridized carbons (Fsp3) is 0.200. The maximum atomic E-state index is 13.1. The second-order valence-electron chi connectivity index (χ2n) is 7.15. The van der Waals surface area contributed by atoms with Gasteiger partial charge < -0.3 is 4.57 Å². The summed E-state index contributed by atoms with van der Waals surface area (Å²) in [6.07, 6.45) is 2.06. The van der Waals surface area contributed by atoms with E-state index in [0.717, 1.165) is 45.2 Å². The monoisotopic (exact) mass is 527 g/mol. The first-order valence-electron chi connectivity index (χ1n) is 9.86. The van der Waals surface area contributed by atoms with Crippen LogP contribution in [0.1, 0.15) is 38.8 Å². The molecule has 0 fully saturated rings. The molecule has 4 aromatic rings. The topological polar surface area (TPSA) is 39.1 Å². The summed E-state index contributed by atoms with van der Waals surface area (Å²) >= 11 is 3.84. The highest BCUT2D eigenvalue weighted by Gasteiger charge is 2.20. The van der Waals surface area contributed by atoms with E-state index in [4.69, 9.17) is 0 Å². The summed E-state index contributed by atoms with van der Waals surface area (Å²) in [5, 5.41) is 2.14. The molecule has 4 rings (SSSR count). The van der Waals surface area contributed by atoms with Crippen molar-refractivity contribution >= 4 is 67.7 Å². The molecule has 0 bridgehead atoms. The maximum absolute atomic E-state index is 13.1. The van der Waals surface area contributed by atoms with Crippen LogP contribution in [0.4, 0.5) is 0 Å². The molecular formula is C25H22INO2S. The summed E-state index contributed by atoms with van der Waals surface area (Å²) in [7, 11) is 0. The van der Waals surface area contributed by atoms with Gasteiger partial charge in [-0.3, -0.25) is 9.59 Å². The number of thioether (sulfide) groups is 1. The van der Waals surface area contributed by atoms with Crippen LogP contribution in [0.2, 0.25) is 0 Å². The van der Waals surface area contributed by atoms with Crippen molar-refractivity contribution in [2.24, 2.45) is 0 Å². The molecule has 1 aromatic heterocycles. The second kappa shape index (κ2) is 8.94. The van der Waals surface area contributed by atoms with Crippen LogP contribution in [0, 0.1) is 0 Å². The molecule has 0 N–H and O–H groups in total. The Bertz CT molecular complexity index is 1260. The molecule has 3 aromatic carbocycles. The molecule has 0 aliphatic heterocycles. The number of fused-ring (bicyclic) bond motifs is 3. The van der Waals surface area contributed by atoms with Crippen LogP contribution in [-0.2, 0) is 12.3 Å². The number of nitrogens with zero attached hydrogens (tertiary/aromatic N) is 1. The Hall–Kier alpha value is -2.12. The summed E-state index contributed by atoms with van der Waals surface area (Å²) in [5.41, 5.74) is 5.43. The highest BCUT2D eigenvalue weighted by atomic mass is 127. The van der Waals surface area contributed by atoms with Crippen LogP contribution in [0.15, 0.2) is 60.7 Å². The fourth-order valence-electron chi connectivity index (χ4n) is 4.13. The van der Waals surface area contributed by atoms with Gasteiger partial charge >= 0.3 is 0 Å². The van der Waals surface area contributed by atoms with Gasteiger partial charge in [0, 0.05) is 50.8 Å². The molecule has 0 amide bonds. The Kier molecular flexibility index (Phi) is 6.29. The summed E-state index contributed by atoms with van der Waals surface area (Å²) in [6, 6.07) is 19.3. The lowest BCUT2D eigenvalue weighted by Crippen LogP contribution is -2.05. The highest BCUT2D eigenvalue weighted by molar-refractivity contribution is 14.1. The first kappa shape index (κ1) is 21.1. The number of hydrogen-bond donors (Lipinski definition) is 0. The van der Waals surface area contributed by atoms with E-state index >= 15 is 0 Å². The van der Waals surface area contributed by atoms with Crippen molar-refractivity contribution in [2.45, 2.75) is 19.2 Å². The van der Waals surface area contributed by atoms with Gasteiger partial charge in [-0.05, 0) is 49.1 Å². The number of hydrogen-bond acceptors (Lipinski definition) is 3. The Labute approximate surface area is 194 Å².